The van der Waals surface area contributed by atoms with E-state index in [9.17, 15) is 4.79 Å². The average molecular weight is 248 g/mol. The lowest BCUT2D eigenvalue weighted by molar-refractivity contribution is -0.121. The van der Waals surface area contributed by atoms with Crippen LogP contribution in [0.25, 0.3) is 0 Å². The highest BCUT2D eigenvalue weighted by molar-refractivity contribution is 5.76. The van der Waals surface area contributed by atoms with E-state index in [4.69, 9.17) is 5.73 Å². The van der Waals surface area contributed by atoms with Gasteiger partial charge in [0.25, 0.3) is 0 Å². The summed E-state index contributed by atoms with van der Waals surface area (Å²) in [5.41, 5.74) is 8.05. The fourth-order valence-electron chi connectivity index (χ4n) is 2.05. The van der Waals surface area contributed by atoms with E-state index in [2.05, 4.69) is 24.4 Å². The fourth-order valence-corrected chi connectivity index (χ4v) is 2.05. The Labute approximate surface area is 110 Å². The maximum Gasteiger partial charge on any atom is 0.220 e. The summed E-state index contributed by atoms with van der Waals surface area (Å²) < 4.78 is 0. The zero-order chi connectivity index (χ0) is 13.5. The SMILES string of the molecule is Cc1ccccc1[C@@H](C)NC(=O)CCCC(C)N. The van der Waals surface area contributed by atoms with E-state index in [0.29, 0.717) is 6.42 Å². The molecule has 0 aromatic heterocycles. The highest BCUT2D eigenvalue weighted by Gasteiger charge is 2.11. The summed E-state index contributed by atoms with van der Waals surface area (Å²) in [4.78, 5) is 11.8. The van der Waals surface area contributed by atoms with Crippen LogP contribution in [0.1, 0.15) is 50.3 Å². The molecule has 2 atom stereocenters. The van der Waals surface area contributed by atoms with E-state index in [-0.39, 0.29) is 18.0 Å². The van der Waals surface area contributed by atoms with E-state index >= 15 is 0 Å². The monoisotopic (exact) mass is 248 g/mol. The summed E-state index contributed by atoms with van der Waals surface area (Å²) in [6, 6.07) is 8.37. The van der Waals surface area contributed by atoms with Crippen molar-refractivity contribution in [2.45, 2.75) is 52.1 Å². The number of amides is 1. The molecule has 3 heteroatoms. The Morgan fingerprint density at radius 3 is 2.61 bits per heavy atom. The molecule has 0 aliphatic heterocycles. The molecule has 0 saturated carbocycles. The second kappa shape index (κ2) is 7.17. The smallest absolute Gasteiger partial charge is 0.220 e. The molecule has 1 rings (SSSR count). The lowest BCUT2D eigenvalue weighted by Crippen LogP contribution is -2.27. The van der Waals surface area contributed by atoms with Crippen LogP contribution in [0, 0.1) is 6.92 Å². The quantitative estimate of drug-likeness (QED) is 0.813. The second-order valence-electron chi connectivity index (χ2n) is 5.02. The zero-order valence-electron chi connectivity index (χ0n) is 11.6. The van der Waals surface area contributed by atoms with E-state index in [1.54, 1.807) is 0 Å². The van der Waals surface area contributed by atoms with Crippen molar-refractivity contribution in [3.05, 3.63) is 35.4 Å². The highest BCUT2D eigenvalue weighted by atomic mass is 16.1. The Morgan fingerprint density at radius 1 is 1.33 bits per heavy atom. The van der Waals surface area contributed by atoms with Crippen LogP contribution in [0.2, 0.25) is 0 Å². The normalized spacial score (nSPS) is 14.0. The number of carbonyl (C=O) groups excluding carboxylic acids is 1. The third-order valence-electron chi connectivity index (χ3n) is 3.10. The Hall–Kier alpha value is -1.35. The van der Waals surface area contributed by atoms with Gasteiger partial charge in [-0.15, -0.1) is 0 Å². The number of aryl methyl sites for hydroxylation is 1. The van der Waals surface area contributed by atoms with Gasteiger partial charge in [-0.2, -0.15) is 0 Å². The van der Waals surface area contributed by atoms with Gasteiger partial charge in [0.1, 0.15) is 0 Å². The predicted molar refractivity (Wildman–Crippen MR) is 75.2 cm³/mol. The Balaban J connectivity index is 2.42. The number of hydrogen-bond acceptors (Lipinski definition) is 2. The molecule has 1 unspecified atom stereocenters. The molecule has 1 aromatic rings. The number of hydrogen-bond donors (Lipinski definition) is 2. The molecule has 0 aliphatic carbocycles. The standard InChI is InChI=1S/C15H24N2O/c1-11-7-4-5-9-14(11)13(3)17-15(18)10-6-8-12(2)16/h4-5,7,9,12-13H,6,8,10,16H2,1-3H3,(H,17,18)/t12?,13-/m1/s1. The summed E-state index contributed by atoms with van der Waals surface area (Å²) >= 11 is 0. The molecular formula is C15H24N2O. The Bertz CT molecular complexity index is 388. The zero-order valence-corrected chi connectivity index (χ0v) is 11.6. The first kappa shape index (κ1) is 14.7. The molecule has 0 heterocycles. The number of nitrogens with one attached hydrogen (secondary N) is 1. The van der Waals surface area contributed by atoms with Gasteiger partial charge in [0.05, 0.1) is 6.04 Å². The van der Waals surface area contributed by atoms with Gasteiger partial charge in [-0.3, -0.25) is 4.79 Å². The Kier molecular flexibility index (Phi) is 5.86. The average Bonchev–Trinajstić information content (AvgIpc) is 2.28. The largest absolute Gasteiger partial charge is 0.350 e. The van der Waals surface area contributed by atoms with Crippen molar-refractivity contribution >= 4 is 5.91 Å². The predicted octanol–water partition coefficient (Wildman–Crippen LogP) is 2.69. The van der Waals surface area contributed by atoms with E-state index < -0.39 is 0 Å². The molecule has 0 fully saturated rings. The van der Waals surface area contributed by atoms with Gasteiger partial charge in [-0.25, -0.2) is 0 Å². The minimum atomic E-state index is 0.0639. The van der Waals surface area contributed by atoms with Gasteiger partial charge in [0.15, 0.2) is 0 Å². The van der Waals surface area contributed by atoms with Crippen LogP contribution in [0.15, 0.2) is 24.3 Å². The van der Waals surface area contributed by atoms with Crippen molar-refractivity contribution in [3.63, 3.8) is 0 Å². The van der Waals surface area contributed by atoms with Crippen LogP contribution >= 0.6 is 0 Å². The summed E-state index contributed by atoms with van der Waals surface area (Å²) in [6.07, 6.45) is 2.30. The summed E-state index contributed by atoms with van der Waals surface area (Å²) in [5.74, 6) is 0.103. The molecule has 100 valence electrons. The van der Waals surface area contributed by atoms with Crippen molar-refractivity contribution in [3.8, 4) is 0 Å². The number of carbonyl (C=O) groups is 1. The lowest BCUT2D eigenvalue weighted by Gasteiger charge is -2.16. The molecule has 0 spiro atoms. The maximum absolute atomic E-state index is 11.8. The van der Waals surface area contributed by atoms with E-state index in [1.165, 1.54) is 11.1 Å². The highest BCUT2D eigenvalue weighted by Crippen LogP contribution is 2.16. The molecule has 0 saturated heterocycles. The van der Waals surface area contributed by atoms with Gasteiger partial charge in [0.2, 0.25) is 5.91 Å². The van der Waals surface area contributed by atoms with Crippen molar-refractivity contribution in [1.82, 2.24) is 5.32 Å². The third-order valence-corrected chi connectivity index (χ3v) is 3.10. The number of nitrogens with two attached hydrogens (primary N) is 1. The van der Waals surface area contributed by atoms with Crippen LogP contribution in [0.4, 0.5) is 0 Å². The van der Waals surface area contributed by atoms with Crippen LogP contribution in [-0.4, -0.2) is 11.9 Å². The molecule has 0 aliphatic rings. The third kappa shape index (κ3) is 4.88. The van der Waals surface area contributed by atoms with Crippen molar-refractivity contribution in [2.75, 3.05) is 0 Å². The first-order valence-corrected chi connectivity index (χ1v) is 6.61. The minimum Gasteiger partial charge on any atom is -0.350 e. The van der Waals surface area contributed by atoms with Crippen LogP contribution < -0.4 is 11.1 Å². The molecule has 0 bridgehead atoms. The summed E-state index contributed by atoms with van der Waals surface area (Å²) in [5, 5.41) is 3.03. The van der Waals surface area contributed by atoms with Gasteiger partial charge < -0.3 is 11.1 Å². The Morgan fingerprint density at radius 2 is 2.00 bits per heavy atom. The van der Waals surface area contributed by atoms with Gasteiger partial charge >= 0.3 is 0 Å². The minimum absolute atomic E-state index is 0.0639. The van der Waals surface area contributed by atoms with Crippen molar-refractivity contribution in [2.24, 2.45) is 5.73 Å². The second-order valence-corrected chi connectivity index (χ2v) is 5.02. The summed E-state index contributed by atoms with van der Waals surface area (Å²) in [6.45, 7) is 6.05. The summed E-state index contributed by atoms with van der Waals surface area (Å²) in [7, 11) is 0. The molecule has 3 nitrogen and oxygen atoms in total. The number of benzene rings is 1. The molecule has 1 aromatic carbocycles. The van der Waals surface area contributed by atoms with Gasteiger partial charge in [-0.05, 0) is 44.7 Å². The van der Waals surface area contributed by atoms with E-state index in [1.807, 2.05) is 26.0 Å². The molecular weight excluding hydrogens is 224 g/mol. The van der Waals surface area contributed by atoms with Gasteiger partial charge in [0, 0.05) is 12.5 Å². The maximum atomic E-state index is 11.8. The first-order valence-electron chi connectivity index (χ1n) is 6.61. The van der Waals surface area contributed by atoms with Crippen molar-refractivity contribution < 1.29 is 4.79 Å². The van der Waals surface area contributed by atoms with E-state index in [0.717, 1.165) is 12.8 Å². The topological polar surface area (TPSA) is 55.1 Å². The van der Waals surface area contributed by atoms with Crippen molar-refractivity contribution in [1.29, 1.82) is 0 Å². The first-order chi connectivity index (χ1) is 8.50. The molecule has 1 amide bonds. The van der Waals surface area contributed by atoms with Crippen LogP contribution in [0.5, 0.6) is 0 Å². The number of rotatable bonds is 6. The molecule has 18 heavy (non-hydrogen) atoms. The molecule has 0 radical (unpaired) electrons. The fraction of sp³-hybridized carbons (Fsp3) is 0.533. The van der Waals surface area contributed by atoms with Crippen LogP contribution in [-0.2, 0) is 4.79 Å². The molecule has 3 N–H and O–H groups in total. The van der Waals surface area contributed by atoms with Crippen LogP contribution in [0.3, 0.4) is 0 Å². The lowest BCUT2D eigenvalue weighted by atomic mass is 10.0. The van der Waals surface area contributed by atoms with Gasteiger partial charge in [-0.1, -0.05) is 24.3 Å².